The molecule has 8 heteroatoms. The van der Waals surface area contributed by atoms with Crippen molar-refractivity contribution in [1.29, 1.82) is 0 Å². The molecule has 0 radical (unpaired) electrons. The predicted octanol–water partition coefficient (Wildman–Crippen LogP) is 2.96. The van der Waals surface area contributed by atoms with E-state index in [4.69, 9.17) is 16.3 Å². The lowest BCUT2D eigenvalue weighted by Crippen LogP contribution is -2.32. The van der Waals surface area contributed by atoms with Crippen LogP contribution in [0.1, 0.15) is 6.92 Å². The molecule has 0 bridgehead atoms. The zero-order valence-corrected chi connectivity index (χ0v) is 9.52. The molecule has 0 spiro atoms. The zero-order chi connectivity index (χ0) is 12.8. The van der Waals surface area contributed by atoms with Crippen molar-refractivity contribution in [3.8, 4) is 5.75 Å². The van der Waals surface area contributed by atoms with Crippen LogP contribution in [0.5, 0.6) is 5.75 Å². The van der Waals surface area contributed by atoms with E-state index in [-0.39, 0.29) is 0 Å². The Morgan fingerprint density at radius 3 is 2.19 bits per heavy atom. The van der Waals surface area contributed by atoms with E-state index in [9.17, 15) is 17.3 Å². The molecule has 0 aliphatic rings. The first-order valence-electron chi connectivity index (χ1n) is 4.38. The molecule has 0 fully saturated rings. The third kappa shape index (κ3) is 7.33. The molecule has 0 aliphatic heterocycles. The number of ether oxygens (including phenoxy) is 1. The van der Waals surface area contributed by atoms with Crippen LogP contribution in [0.25, 0.3) is 0 Å². The van der Waals surface area contributed by atoms with Gasteiger partial charge in [-0.05, 0) is 18.5 Å². The highest BCUT2D eigenvalue weighted by Crippen LogP contribution is 2.12. The molecular weight excluding hydrogens is 248 g/mol. The van der Waals surface area contributed by atoms with Gasteiger partial charge in [-0.25, -0.2) is 0 Å². The van der Waals surface area contributed by atoms with Gasteiger partial charge in [-0.2, -0.15) is 4.57 Å². The van der Waals surface area contributed by atoms with Crippen LogP contribution in [0.15, 0.2) is 18.3 Å². The van der Waals surface area contributed by atoms with Gasteiger partial charge in [0, 0.05) is 6.07 Å². The van der Waals surface area contributed by atoms with Gasteiger partial charge >= 0.3 is 7.25 Å². The quantitative estimate of drug-likeness (QED) is 0.344. The number of halogens is 5. The highest BCUT2D eigenvalue weighted by atomic mass is 35.5. The number of rotatable bonds is 2. The standard InChI is InChI=1S/C8H11ClNO.BF4/c1-3-10-5-4-7(11-2)6-8(10)9;2-1(3,4)5/h4-6H,3H2,1-2H3;/q+1;-1. The Hall–Kier alpha value is -0.975. The van der Waals surface area contributed by atoms with Crippen molar-refractivity contribution in [3.63, 3.8) is 0 Å². The Bertz CT molecular complexity index is 328. The minimum absolute atomic E-state index is 0.701. The second kappa shape index (κ2) is 6.57. The van der Waals surface area contributed by atoms with Crippen molar-refractivity contribution in [2.75, 3.05) is 7.11 Å². The lowest BCUT2D eigenvalue weighted by atomic mass is 10.3. The van der Waals surface area contributed by atoms with E-state index < -0.39 is 7.25 Å². The summed E-state index contributed by atoms with van der Waals surface area (Å²) in [6.45, 7) is 2.92. The van der Waals surface area contributed by atoms with Crippen LogP contribution >= 0.6 is 11.6 Å². The van der Waals surface area contributed by atoms with Crippen LogP contribution in [-0.2, 0) is 6.54 Å². The van der Waals surface area contributed by atoms with Gasteiger partial charge in [-0.1, -0.05) is 0 Å². The lowest BCUT2D eigenvalue weighted by molar-refractivity contribution is -0.691. The summed E-state index contributed by atoms with van der Waals surface area (Å²) in [4.78, 5) is 0. The second-order valence-corrected chi connectivity index (χ2v) is 3.06. The maximum atomic E-state index is 9.75. The lowest BCUT2D eigenvalue weighted by Gasteiger charge is -1.98. The minimum Gasteiger partial charge on any atom is -0.496 e. The van der Waals surface area contributed by atoms with Gasteiger partial charge in [0.2, 0.25) is 0 Å². The number of aromatic nitrogens is 1. The topological polar surface area (TPSA) is 13.1 Å². The minimum atomic E-state index is -6.00. The Morgan fingerprint density at radius 1 is 1.38 bits per heavy atom. The summed E-state index contributed by atoms with van der Waals surface area (Å²) in [5, 5.41) is 0.701. The van der Waals surface area contributed by atoms with Crippen LogP contribution in [0.2, 0.25) is 5.15 Å². The Morgan fingerprint density at radius 2 is 1.88 bits per heavy atom. The molecule has 0 unspecified atom stereocenters. The summed E-state index contributed by atoms with van der Waals surface area (Å²) < 4.78 is 45.9. The van der Waals surface area contributed by atoms with Gasteiger partial charge < -0.3 is 22.0 Å². The van der Waals surface area contributed by atoms with Crippen molar-refractivity contribution in [2.45, 2.75) is 13.5 Å². The third-order valence-electron chi connectivity index (χ3n) is 1.53. The van der Waals surface area contributed by atoms with Gasteiger partial charge in [0.15, 0.2) is 6.20 Å². The van der Waals surface area contributed by atoms with Crippen LogP contribution < -0.4 is 9.30 Å². The van der Waals surface area contributed by atoms with Gasteiger partial charge in [-0.3, -0.25) is 0 Å². The average Bonchev–Trinajstić information content (AvgIpc) is 2.15. The fourth-order valence-corrected chi connectivity index (χ4v) is 1.15. The molecule has 0 aromatic carbocycles. The van der Waals surface area contributed by atoms with Gasteiger partial charge in [0.25, 0.3) is 5.15 Å². The zero-order valence-electron chi connectivity index (χ0n) is 8.76. The largest absolute Gasteiger partial charge is 0.673 e. The molecule has 2 nitrogen and oxygen atoms in total. The molecule has 1 aromatic heterocycles. The summed E-state index contributed by atoms with van der Waals surface area (Å²) in [6.07, 6.45) is 1.90. The molecule has 1 heterocycles. The first-order chi connectivity index (χ1) is 7.27. The van der Waals surface area contributed by atoms with Crippen LogP contribution in [0.3, 0.4) is 0 Å². The van der Waals surface area contributed by atoms with Crippen molar-refractivity contribution in [3.05, 3.63) is 23.5 Å². The van der Waals surface area contributed by atoms with E-state index in [0.717, 1.165) is 12.3 Å². The smallest absolute Gasteiger partial charge is 0.496 e. The monoisotopic (exact) mass is 259 g/mol. The Kier molecular flexibility index (Phi) is 6.17. The van der Waals surface area contributed by atoms with Crippen LogP contribution in [-0.4, -0.2) is 14.4 Å². The van der Waals surface area contributed by atoms with Crippen molar-refractivity contribution in [2.24, 2.45) is 0 Å². The van der Waals surface area contributed by atoms with E-state index in [0.29, 0.717) is 5.15 Å². The summed E-state index contributed by atoms with van der Waals surface area (Å²) in [6, 6.07) is 3.68. The number of pyridine rings is 1. The van der Waals surface area contributed by atoms with Crippen LogP contribution in [0.4, 0.5) is 17.3 Å². The molecule has 0 saturated carbocycles. The fraction of sp³-hybridized carbons (Fsp3) is 0.375. The number of aryl methyl sites for hydroxylation is 1. The molecule has 0 atom stereocenters. The number of hydrogen-bond donors (Lipinski definition) is 0. The van der Waals surface area contributed by atoms with Gasteiger partial charge in [0.1, 0.15) is 12.3 Å². The number of hydrogen-bond acceptors (Lipinski definition) is 1. The molecule has 1 rings (SSSR count). The Labute approximate surface area is 95.9 Å². The van der Waals surface area contributed by atoms with Gasteiger partial charge in [0.05, 0.1) is 13.2 Å². The van der Waals surface area contributed by atoms with Gasteiger partial charge in [-0.15, -0.1) is 0 Å². The van der Waals surface area contributed by atoms with E-state index >= 15 is 0 Å². The van der Waals surface area contributed by atoms with E-state index in [2.05, 4.69) is 0 Å². The summed E-state index contributed by atoms with van der Waals surface area (Å²) in [5.41, 5.74) is 0. The second-order valence-electron chi connectivity index (χ2n) is 2.67. The predicted molar refractivity (Wildman–Crippen MR) is 54.1 cm³/mol. The summed E-state index contributed by atoms with van der Waals surface area (Å²) in [5.74, 6) is 0.791. The summed E-state index contributed by atoms with van der Waals surface area (Å²) in [7, 11) is -4.37. The highest BCUT2D eigenvalue weighted by Gasteiger charge is 2.20. The Balaban J connectivity index is 0.000000385. The van der Waals surface area contributed by atoms with Crippen molar-refractivity contribution < 1.29 is 26.6 Å². The molecular formula is C8H11BClF4NO. The molecule has 0 amide bonds. The average molecular weight is 259 g/mol. The van der Waals surface area contributed by atoms with Crippen LogP contribution in [0, 0.1) is 0 Å². The number of methoxy groups -OCH3 is 1. The first kappa shape index (κ1) is 15.0. The van der Waals surface area contributed by atoms with E-state index in [1.807, 2.05) is 23.8 Å². The maximum absolute atomic E-state index is 9.75. The molecule has 1 aromatic rings. The molecule has 0 aliphatic carbocycles. The molecule has 92 valence electrons. The SMILES string of the molecule is CC[n+]1ccc(OC)cc1Cl.F[B-](F)(F)F. The normalized spacial score (nSPS) is 10.4. The molecule has 16 heavy (non-hydrogen) atoms. The maximum Gasteiger partial charge on any atom is 0.673 e. The van der Waals surface area contributed by atoms with Crippen molar-refractivity contribution in [1.82, 2.24) is 0 Å². The number of nitrogens with zero attached hydrogens (tertiary/aromatic N) is 1. The molecule has 0 saturated heterocycles. The van der Waals surface area contributed by atoms with E-state index in [1.54, 1.807) is 13.2 Å². The third-order valence-corrected chi connectivity index (χ3v) is 1.86. The first-order valence-corrected chi connectivity index (χ1v) is 4.76. The summed E-state index contributed by atoms with van der Waals surface area (Å²) >= 11 is 5.89. The van der Waals surface area contributed by atoms with Crippen molar-refractivity contribution >= 4 is 18.9 Å². The highest BCUT2D eigenvalue weighted by molar-refractivity contribution is 6.50. The van der Waals surface area contributed by atoms with E-state index in [1.165, 1.54) is 0 Å². The molecule has 0 N–H and O–H groups in total. The fourth-order valence-electron chi connectivity index (χ4n) is 0.866.